The first-order valence-electron chi connectivity index (χ1n) is 8.64. The molecule has 144 valence electrons. The van der Waals surface area contributed by atoms with Crippen LogP contribution in [0.25, 0.3) is 0 Å². The maximum atomic E-state index is 14.3. The molecule has 1 saturated carbocycles. The van der Waals surface area contributed by atoms with Crippen LogP contribution in [-0.2, 0) is 9.47 Å². The van der Waals surface area contributed by atoms with Crippen molar-refractivity contribution < 1.29 is 28.9 Å². The summed E-state index contributed by atoms with van der Waals surface area (Å²) < 4.78 is 25.5. The van der Waals surface area contributed by atoms with Crippen LogP contribution in [0.5, 0.6) is 0 Å². The molecule has 10 heteroatoms. The highest BCUT2D eigenvalue weighted by Crippen LogP contribution is 2.28. The number of carbonyl (C=O) groups is 1. The highest BCUT2D eigenvalue weighted by Gasteiger charge is 2.42. The molecule has 0 bridgehead atoms. The van der Waals surface area contributed by atoms with Gasteiger partial charge in [0.25, 0.3) is 0 Å². The summed E-state index contributed by atoms with van der Waals surface area (Å²) in [5.41, 5.74) is -0.940. The number of hydrogen-bond acceptors (Lipinski definition) is 7. The largest absolute Gasteiger partial charge is 0.446 e. The molecule has 1 aliphatic carbocycles. The number of ether oxygens (including phenoxy) is 2. The molecule has 0 spiro atoms. The molecule has 1 amide bonds. The van der Waals surface area contributed by atoms with E-state index in [0.717, 1.165) is 42.9 Å². The number of carbonyl (C=O) groups excluding carboxylic acids is 1. The first kappa shape index (κ1) is 18.7. The van der Waals surface area contributed by atoms with Crippen LogP contribution in [0.2, 0.25) is 0 Å². The van der Waals surface area contributed by atoms with Gasteiger partial charge in [-0.15, -0.1) is 0 Å². The van der Waals surface area contributed by atoms with Gasteiger partial charge in [-0.05, 0) is 32.6 Å². The smallest absolute Gasteiger partial charge is 0.413 e. The van der Waals surface area contributed by atoms with Gasteiger partial charge in [-0.1, -0.05) is 6.42 Å². The fourth-order valence-corrected chi connectivity index (χ4v) is 3.23. The first-order valence-corrected chi connectivity index (χ1v) is 8.64. The number of anilines is 1. The molecule has 2 heterocycles. The van der Waals surface area contributed by atoms with Gasteiger partial charge in [-0.3, -0.25) is 9.88 Å². The number of aliphatic hydroxyl groups excluding tert-OH is 2. The Morgan fingerprint density at radius 1 is 1.35 bits per heavy atom. The molecule has 3 rings (SSSR count). The molecule has 4 unspecified atom stereocenters. The number of aliphatic hydroxyl groups is 2. The van der Waals surface area contributed by atoms with Crippen LogP contribution in [0.15, 0.2) is 11.0 Å². The predicted octanol–water partition coefficient (Wildman–Crippen LogP) is 0.903. The van der Waals surface area contributed by atoms with Crippen molar-refractivity contribution in [3.05, 3.63) is 22.5 Å². The van der Waals surface area contributed by atoms with E-state index in [1.165, 1.54) is 6.92 Å². The van der Waals surface area contributed by atoms with Gasteiger partial charge in [-0.2, -0.15) is 4.98 Å². The molecule has 2 fully saturated rings. The normalized spacial score (nSPS) is 29.5. The van der Waals surface area contributed by atoms with Gasteiger partial charge in [0, 0.05) is 0 Å². The highest BCUT2D eigenvalue weighted by atomic mass is 19.1. The number of nitrogens with zero attached hydrogens (tertiary/aromatic N) is 2. The van der Waals surface area contributed by atoms with Gasteiger partial charge >= 0.3 is 11.8 Å². The summed E-state index contributed by atoms with van der Waals surface area (Å²) in [5.74, 6) is -1.55. The summed E-state index contributed by atoms with van der Waals surface area (Å²) >= 11 is 0. The number of rotatable bonds is 3. The lowest BCUT2D eigenvalue weighted by Gasteiger charge is -2.22. The van der Waals surface area contributed by atoms with Crippen molar-refractivity contribution in [1.29, 1.82) is 0 Å². The van der Waals surface area contributed by atoms with Gasteiger partial charge in [0.2, 0.25) is 0 Å². The van der Waals surface area contributed by atoms with Gasteiger partial charge in [0.15, 0.2) is 17.9 Å². The minimum atomic E-state index is -1.40. The Labute approximate surface area is 148 Å². The quantitative estimate of drug-likeness (QED) is 0.721. The molecular weight excluding hydrogens is 349 g/mol. The second kappa shape index (κ2) is 7.68. The number of halogens is 1. The van der Waals surface area contributed by atoms with Crippen molar-refractivity contribution in [2.75, 3.05) is 5.32 Å². The minimum Gasteiger partial charge on any atom is -0.446 e. The Morgan fingerprint density at radius 3 is 2.65 bits per heavy atom. The van der Waals surface area contributed by atoms with E-state index in [1.54, 1.807) is 0 Å². The fourth-order valence-electron chi connectivity index (χ4n) is 3.23. The van der Waals surface area contributed by atoms with Crippen molar-refractivity contribution in [2.24, 2.45) is 0 Å². The van der Waals surface area contributed by atoms with Gasteiger partial charge in [0.05, 0.1) is 12.3 Å². The van der Waals surface area contributed by atoms with Gasteiger partial charge < -0.3 is 19.7 Å². The third-order valence-electron chi connectivity index (χ3n) is 4.70. The predicted molar refractivity (Wildman–Crippen MR) is 87.0 cm³/mol. The molecule has 3 N–H and O–H groups in total. The maximum Gasteiger partial charge on any atom is 0.413 e. The van der Waals surface area contributed by atoms with Crippen molar-refractivity contribution in [3.8, 4) is 0 Å². The van der Waals surface area contributed by atoms with Crippen molar-refractivity contribution >= 4 is 11.9 Å². The molecule has 26 heavy (non-hydrogen) atoms. The minimum absolute atomic E-state index is 0.225. The monoisotopic (exact) mass is 371 g/mol. The Morgan fingerprint density at radius 2 is 2.04 bits per heavy atom. The molecule has 2 aliphatic rings. The van der Waals surface area contributed by atoms with Crippen LogP contribution >= 0.6 is 0 Å². The molecule has 4 atom stereocenters. The molecule has 1 aliphatic heterocycles. The fraction of sp³-hybridized carbons (Fsp3) is 0.688. The first-order chi connectivity index (χ1) is 12.4. The van der Waals surface area contributed by atoms with Crippen LogP contribution < -0.4 is 11.0 Å². The molecule has 0 aromatic carbocycles. The Kier molecular flexibility index (Phi) is 5.54. The number of aromatic nitrogens is 2. The topological polar surface area (TPSA) is 123 Å². The number of amides is 1. The van der Waals surface area contributed by atoms with Crippen molar-refractivity contribution in [2.45, 2.75) is 69.7 Å². The molecule has 1 aromatic rings. The second-order valence-corrected chi connectivity index (χ2v) is 6.63. The summed E-state index contributed by atoms with van der Waals surface area (Å²) in [4.78, 5) is 27.5. The maximum absolute atomic E-state index is 14.3. The van der Waals surface area contributed by atoms with Crippen LogP contribution in [0.4, 0.5) is 15.0 Å². The zero-order valence-corrected chi connectivity index (χ0v) is 14.3. The summed E-state index contributed by atoms with van der Waals surface area (Å²) in [7, 11) is 0. The Balaban J connectivity index is 1.71. The molecule has 1 aromatic heterocycles. The lowest BCUT2D eigenvalue weighted by Crippen LogP contribution is -2.36. The zero-order valence-electron chi connectivity index (χ0n) is 14.3. The van der Waals surface area contributed by atoms with Crippen LogP contribution in [0.3, 0.4) is 0 Å². The number of hydrogen-bond donors (Lipinski definition) is 3. The third-order valence-corrected chi connectivity index (χ3v) is 4.70. The van der Waals surface area contributed by atoms with Crippen LogP contribution in [0.1, 0.15) is 45.3 Å². The standard InChI is InChI=1S/C16H22FN3O6/c1-8-11(21)12(22)14(25-8)20-7-10(17)13(18-15(20)23)19-16(24)26-9-5-3-2-4-6-9/h7-9,11-12,14,21-22H,2-6H2,1H3,(H,18,19,23,24). The molecule has 9 nitrogen and oxygen atoms in total. The molecular formula is C16H22FN3O6. The SMILES string of the molecule is CC1OC(n2cc(F)c(NC(=O)OC3CCCCC3)nc2=O)C(O)C1O. The van der Waals surface area contributed by atoms with E-state index >= 15 is 0 Å². The lowest BCUT2D eigenvalue weighted by molar-refractivity contribution is -0.0355. The molecule has 1 saturated heterocycles. The van der Waals surface area contributed by atoms with E-state index in [2.05, 4.69) is 10.3 Å². The Bertz CT molecular complexity index is 720. The van der Waals surface area contributed by atoms with E-state index in [4.69, 9.17) is 9.47 Å². The van der Waals surface area contributed by atoms with Crippen molar-refractivity contribution in [1.82, 2.24) is 9.55 Å². The average Bonchev–Trinajstić information content (AvgIpc) is 2.86. The summed E-state index contributed by atoms with van der Waals surface area (Å²) in [6, 6.07) is 0. The second-order valence-electron chi connectivity index (χ2n) is 6.63. The third kappa shape index (κ3) is 3.87. The lowest BCUT2D eigenvalue weighted by atomic mass is 9.98. The van der Waals surface area contributed by atoms with Crippen LogP contribution in [-0.4, -0.2) is 50.3 Å². The van der Waals surface area contributed by atoms with E-state index < -0.39 is 48.0 Å². The summed E-state index contributed by atoms with van der Waals surface area (Å²) in [6.45, 7) is 1.51. The van der Waals surface area contributed by atoms with E-state index in [9.17, 15) is 24.2 Å². The van der Waals surface area contributed by atoms with E-state index in [-0.39, 0.29) is 6.10 Å². The average molecular weight is 371 g/mol. The highest BCUT2D eigenvalue weighted by molar-refractivity contribution is 5.83. The van der Waals surface area contributed by atoms with Crippen LogP contribution in [0, 0.1) is 5.82 Å². The van der Waals surface area contributed by atoms with Gasteiger partial charge in [-0.25, -0.2) is 14.0 Å². The summed E-state index contributed by atoms with van der Waals surface area (Å²) in [6.07, 6.45) is -0.405. The van der Waals surface area contributed by atoms with E-state index in [1.807, 2.05) is 0 Å². The summed E-state index contributed by atoms with van der Waals surface area (Å²) in [5, 5.41) is 21.8. The van der Waals surface area contributed by atoms with Gasteiger partial charge in [0.1, 0.15) is 18.3 Å². The molecule has 0 radical (unpaired) electrons. The number of nitrogens with one attached hydrogen (secondary N) is 1. The van der Waals surface area contributed by atoms with E-state index in [0.29, 0.717) is 0 Å². The zero-order chi connectivity index (χ0) is 18.8. The van der Waals surface area contributed by atoms with Crippen molar-refractivity contribution in [3.63, 3.8) is 0 Å². The Hall–Kier alpha value is -2.04.